The second-order valence-electron chi connectivity index (χ2n) is 22.2. The summed E-state index contributed by atoms with van der Waals surface area (Å²) in [4.78, 5) is 13.3. The summed E-state index contributed by atoms with van der Waals surface area (Å²) in [5, 5.41) is 120. The average Bonchev–Trinajstić information content (AvgIpc) is 3.55. The third-order valence-corrected chi connectivity index (χ3v) is 15.4. The van der Waals surface area contributed by atoms with Gasteiger partial charge in [-0.05, 0) is 71.1 Å². The molecular weight excluding hydrogens is 1050 g/mol. The van der Waals surface area contributed by atoms with Crippen LogP contribution in [0.5, 0.6) is 0 Å². The number of aliphatic hydroxyl groups excluding tert-OH is 11. The van der Waals surface area contributed by atoms with Crippen LogP contribution in [-0.2, 0) is 33.2 Å². The van der Waals surface area contributed by atoms with E-state index in [9.17, 15) is 61.0 Å². The van der Waals surface area contributed by atoms with Gasteiger partial charge in [0.25, 0.3) is 0 Å². The van der Waals surface area contributed by atoms with Crippen molar-refractivity contribution in [2.75, 3.05) is 26.4 Å². The topological polar surface area (TPSA) is 307 Å². The number of carbonyl (C=O) groups is 1. The first-order valence-corrected chi connectivity index (χ1v) is 31.0. The highest BCUT2D eigenvalue weighted by molar-refractivity contribution is 5.76. The number of unbranched alkanes of at least 4 members (excludes halogenated alkanes) is 22. The summed E-state index contributed by atoms with van der Waals surface area (Å²) in [6, 6.07) is -0.995. The third kappa shape index (κ3) is 28.5. The van der Waals surface area contributed by atoms with Crippen molar-refractivity contribution in [3.63, 3.8) is 0 Å². The number of hydrogen-bond acceptors (Lipinski definition) is 18. The van der Waals surface area contributed by atoms with Crippen molar-refractivity contribution < 1.29 is 89.4 Å². The van der Waals surface area contributed by atoms with Crippen LogP contribution in [0.4, 0.5) is 0 Å². The first kappa shape index (κ1) is 72.7. The lowest BCUT2D eigenvalue weighted by Crippen LogP contribution is -2.66. The van der Waals surface area contributed by atoms with Gasteiger partial charge in [-0.3, -0.25) is 4.79 Å². The first-order valence-electron chi connectivity index (χ1n) is 31.0. The molecule has 17 atom stereocenters. The molecule has 3 fully saturated rings. The van der Waals surface area contributed by atoms with Crippen molar-refractivity contribution in [1.82, 2.24) is 5.32 Å². The highest BCUT2D eigenvalue weighted by Crippen LogP contribution is 2.33. The van der Waals surface area contributed by atoms with Crippen molar-refractivity contribution >= 4 is 5.91 Å². The summed E-state index contributed by atoms with van der Waals surface area (Å²) >= 11 is 0. The molecule has 81 heavy (non-hydrogen) atoms. The Morgan fingerprint density at radius 3 is 1.37 bits per heavy atom. The van der Waals surface area contributed by atoms with E-state index in [4.69, 9.17) is 28.4 Å². The molecule has 3 saturated heterocycles. The summed E-state index contributed by atoms with van der Waals surface area (Å²) in [6.45, 7) is 1.43. The van der Waals surface area contributed by atoms with E-state index in [-0.39, 0.29) is 18.9 Å². The van der Waals surface area contributed by atoms with Gasteiger partial charge in [0.1, 0.15) is 73.2 Å². The van der Waals surface area contributed by atoms with Crippen molar-refractivity contribution in [2.45, 2.75) is 298 Å². The highest BCUT2D eigenvalue weighted by atomic mass is 16.8. The van der Waals surface area contributed by atoms with E-state index in [1.165, 1.54) is 116 Å². The molecule has 3 aliphatic rings. The van der Waals surface area contributed by atoms with Crippen LogP contribution in [-0.4, -0.2) is 193 Å². The summed E-state index contributed by atoms with van der Waals surface area (Å²) in [6.07, 6.45) is 25.4. The lowest BCUT2D eigenvalue weighted by molar-refractivity contribution is -0.379. The van der Waals surface area contributed by atoms with Crippen LogP contribution in [0.25, 0.3) is 0 Å². The van der Waals surface area contributed by atoms with Crippen molar-refractivity contribution in [3.8, 4) is 0 Å². The number of allylic oxidation sites excluding steroid dienone is 9. The van der Waals surface area contributed by atoms with E-state index >= 15 is 0 Å². The normalized spacial score (nSPS) is 30.2. The van der Waals surface area contributed by atoms with Gasteiger partial charge in [0.2, 0.25) is 5.91 Å². The molecular formula is C62H109NO18. The van der Waals surface area contributed by atoms with Crippen LogP contribution < -0.4 is 5.32 Å². The minimum absolute atomic E-state index is 0.230. The number of amides is 1. The van der Waals surface area contributed by atoms with Crippen LogP contribution >= 0.6 is 0 Å². The van der Waals surface area contributed by atoms with E-state index < -0.39 is 124 Å². The molecule has 470 valence electrons. The van der Waals surface area contributed by atoms with E-state index in [1.54, 1.807) is 6.08 Å². The Balaban J connectivity index is 1.40. The number of ether oxygens (including phenoxy) is 6. The lowest BCUT2D eigenvalue weighted by Gasteiger charge is -2.48. The van der Waals surface area contributed by atoms with Gasteiger partial charge in [0.05, 0.1) is 38.6 Å². The Bertz CT molecular complexity index is 1710. The van der Waals surface area contributed by atoms with Crippen LogP contribution in [0.1, 0.15) is 194 Å². The summed E-state index contributed by atoms with van der Waals surface area (Å²) in [7, 11) is 0. The molecule has 17 unspecified atom stereocenters. The first-order chi connectivity index (χ1) is 39.3. The maximum absolute atomic E-state index is 13.3. The lowest BCUT2D eigenvalue weighted by atomic mass is 9.96. The van der Waals surface area contributed by atoms with Crippen LogP contribution in [0.15, 0.2) is 60.8 Å². The SMILES string of the molecule is C/C=C/CC/C=C/CC/C=C/C(O)C(COC1OC(CO)C(OC2OC(CO)C(OC3OC(CO)C(O)C(O)C3O)C(O)C2O)C(O)C1O)NC(=O)CCCCCCCCCCCCCCCCC/C=C\C/C=C\CCCCCCC. The van der Waals surface area contributed by atoms with Crippen LogP contribution in [0, 0.1) is 0 Å². The Labute approximate surface area is 484 Å². The van der Waals surface area contributed by atoms with Gasteiger partial charge >= 0.3 is 0 Å². The molecule has 0 bridgehead atoms. The number of aliphatic hydroxyl groups is 11. The summed E-state index contributed by atoms with van der Waals surface area (Å²) < 4.78 is 34.1. The molecule has 3 rings (SSSR count). The summed E-state index contributed by atoms with van der Waals surface area (Å²) in [5.74, 6) is -0.295. The van der Waals surface area contributed by atoms with Crippen molar-refractivity contribution in [1.29, 1.82) is 0 Å². The van der Waals surface area contributed by atoms with Gasteiger partial charge in [-0.25, -0.2) is 0 Å². The second-order valence-corrected chi connectivity index (χ2v) is 22.2. The Kier molecular flexibility index (Phi) is 40.3. The largest absolute Gasteiger partial charge is 0.394 e. The minimum Gasteiger partial charge on any atom is -0.394 e. The fourth-order valence-corrected chi connectivity index (χ4v) is 10.3. The Morgan fingerprint density at radius 2 is 0.877 bits per heavy atom. The number of rotatable bonds is 45. The van der Waals surface area contributed by atoms with Crippen molar-refractivity contribution in [3.05, 3.63) is 60.8 Å². The molecule has 19 heteroatoms. The van der Waals surface area contributed by atoms with Crippen molar-refractivity contribution in [2.24, 2.45) is 0 Å². The van der Waals surface area contributed by atoms with E-state index in [1.807, 2.05) is 19.1 Å². The highest BCUT2D eigenvalue weighted by Gasteiger charge is 2.53. The van der Waals surface area contributed by atoms with E-state index in [0.29, 0.717) is 12.8 Å². The fraction of sp³-hybridized carbons (Fsp3) is 0.823. The molecule has 0 aromatic rings. The molecule has 0 aromatic carbocycles. The van der Waals surface area contributed by atoms with Gasteiger partial charge < -0.3 is 89.9 Å². The molecule has 0 aliphatic carbocycles. The third-order valence-electron chi connectivity index (χ3n) is 15.4. The smallest absolute Gasteiger partial charge is 0.220 e. The van der Waals surface area contributed by atoms with Gasteiger partial charge in [0, 0.05) is 6.42 Å². The molecule has 0 aromatic heterocycles. The zero-order valence-electron chi connectivity index (χ0n) is 49.0. The standard InChI is InChI=1S/C62H109NO18/c1-3-5-7-9-11-13-14-15-16-17-18-19-20-21-22-23-24-25-26-27-28-29-30-32-34-36-38-40-50(68)63-45(46(67)39-37-35-33-31-12-10-8-6-4-2)44-76-60-56(74)53(71)58(48(42-65)78-60)81-62-57(75)54(72)59(49(43-66)79-62)80-61-55(73)52(70)51(69)47(41-64)77-61/h4,6,12,14-15,17-18,31,37,39,45-49,51-62,64-67,69-75H,3,5,7-11,13,16,19-30,32-36,38,40-44H2,1-2H3,(H,63,68)/b6-4+,15-14-,18-17-,31-12+,39-37+. The monoisotopic (exact) mass is 1160 g/mol. The van der Waals surface area contributed by atoms with Gasteiger partial charge in [-0.2, -0.15) is 0 Å². The van der Waals surface area contributed by atoms with Crippen LogP contribution in [0.2, 0.25) is 0 Å². The predicted octanol–water partition coefficient (Wildman–Crippen LogP) is 6.04. The molecule has 19 nitrogen and oxygen atoms in total. The maximum atomic E-state index is 13.3. The second kappa shape index (κ2) is 44.9. The Hall–Kier alpha value is -2.51. The minimum atomic E-state index is -1.98. The number of hydrogen-bond donors (Lipinski definition) is 12. The molecule has 12 N–H and O–H groups in total. The van der Waals surface area contributed by atoms with Gasteiger partial charge in [-0.15, -0.1) is 0 Å². The molecule has 3 aliphatic heterocycles. The molecule has 0 spiro atoms. The van der Waals surface area contributed by atoms with E-state index in [0.717, 1.165) is 44.9 Å². The molecule has 3 heterocycles. The zero-order chi connectivity index (χ0) is 59.0. The Morgan fingerprint density at radius 1 is 0.469 bits per heavy atom. The fourth-order valence-electron chi connectivity index (χ4n) is 10.3. The number of nitrogens with one attached hydrogen (secondary N) is 1. The quantitative estimate of drug-likeness (QED) is 0.0244. The average molecular weight is 1160 g/mol. The molecule has 0 radical (unpaired) electrons. The zero-order valence-corrected chi connectivity index (χ0v) is 49.0. The summed E-state index contributed by atoms with van der Waals surface area (Å²) in [5.41, 5.74) is 0. The predicted molar refractivity (Wildman–Crippen MR) is 309 cm³/mol. The van der Waals surface area contributed by atoms with Crippen LogP contribution in [0.3, 0.4) is 0 Å². The molecule has 0 saturated carbocycles. The van der Waals surface area contributed by atoms with E-state index in [2.05, 4.69) is 54.8 Å². The van der Waals surface area contributed by atoms with Gasteiger partial charge in [-0.1, -0.05) is 177 Å². The maximum Gasteiger partial charge on any atom is 0.220 e. The van der Waals surface area contributed by atoms with Gasteiger partial charge in [0.15, 0.2) is 18.9 Å². The molecule has 1 amide bonds. The number of carbonyl (C=O) groups excluding carboxylic acids is 1.